The van der Waals surface area contributed by atoms with Gasteiger partial charge in [-0.3, -0.25) is 0 Å². The lowest BCUT2D eigenvalue weighted by Crippen LogP contribution is -2.02. The Kier molecular flexibility index (Phi) is 4.22. The molecule has 5 aromatic rings. The van der Waals surface area contributed by atoms with Gasteiger partial charge < -0.3 is 9.13 Å². The molecule has 0 radical (unpaired) electrons. The van der Waals surface area contributed by atoms with Gasteiger partial charge in [0.1, 0.15) is 0 Å². The van der Waals surface area contributed by atoms with Crippen molar-refractivity contribution < 1.29 is 0 Å². The molecule has 2 nitrogen and oxygen atoms in total. The Morgan fingerprint density at radius 3 is 2.47 bits per heavy atom. The summed E-state index contributed by atoms with van der Waals surface area (Å²) in [5.41, 5.74) is 11.5. The summed E-state index contributed by atoms with van der Waals surface area (Å²) in [6, 6.07) is 24.5. The monoisotopic (exact) mass is 414 g/mol. The lowest BCUT2D eigenvalue weighted by molar-refractivity contribution is 0.888. The maximum absolute atomic E-state index is 4.06. The van der Waals surface area contributed by atoms with Crippen molar-refractivity contribution in [3.8, 4) is 16.8 Å². The third-order valence-corrected chi connectivity index (χ3v) is 7.03. The molecule has 3 aromatic carbocycles. The molecule has 1 aliphatic carbocycles. The van der Waals surface area contributed by atoms with Crippen LogP contribution in [0.3, 0.4) is 0 Å². The molecule has 0 spiro atoms. The van der Waals surface area contributed by atoms with E-state index in [1.54, 1.807) is 0 Å². The number of hydrogen-bond donors (Lipinski definition) is 0. The van der Waals surface area contributed by atoms with E-state index in [9.17, 15) is 0 Å². The molecule has 0 unspecified atom stereocenters. The first kappa shape index (κ1) is 18.9. The van der Waals surface area contributed by atoms with E-state index in [-0.39, 0.29) is 0 Å². The quantitative estimate of drug-likeness (QED) is 0.286. The van der Waals surface area contributed by atoms with E-state index in [0.29, 0.717) is 0 Å². The van der Waals surface area contributed by atoms with Crippen molar-refractivity contribution in [1.29, 1.82) is 0 Å². The summed E-state index contributed by atoms with van der Waals surface area (Å²) in [5.74, 6) is 0. The van der Waals surface area contributed by atoms with Crippen molar-refractivity contribution in [3.63, 3.8) is 0 Å². The molecule has 0 atom stereocenters. The molecule has 156 valence electrons. The Bertz CT molecular complexity index is 1540. The van der Waals surface area contributed by atoms with Crippen molar-refractivity contribution in [1.82, 2.24) is 9.13 Å². The molecule has 0 saturated carbocycles. The van der Waals surface area contributed by atoms with Crippen molar-refractivity contribution in [3.05, 3.63) is 102 Å². The highest BCUT2D eigenvalue weighted by Crippen LogP contribution is 2.37. The summed E-state index contributed by atoms with van der Waals surface area (Å²) in [6.45, 7) is 6.22. The lowest BCUT2D eigenvalue weighted by atomic mass is 9.99. The van der Waals surface area contributed by atoms with Crippen LogP contribution in [0.1, 0.15) is 28.9 Å². The molecular formula is C30H26N2. The molecule has 1 aliphatic rings. The average Bonchev–Trinajstić information content (AvgIpc) is 3.30. The Morgan fingerprint density at radius 2 is 1.66 bits per heavy atom. The summed E-state index contributed by atoms with van der Waals surface area (Å²) in [5, 5.41) is 2.59. The van der Waals surface area contributed by atoms with E-state index in [2.05, 4.69) is 109 Å². The fraction of sp³-hybridized carbons (Fsp3) is 0.133. The van der Waals surface area contributed by atoms with Crippen molar-refractivity contribution in [2.24, 2.45) is 7.05 Å². The number of fused-ring (bicyclic) bond motifs is 4. The van der Waals surface area contributed by atoms with Crippen LogP contribution in [0.25, 0.3) is 50.8 Å². The predicted molar refractivity (Wildman–Crippen MR) is 137 cm³/mol. The SMILES string of the molecule is C=Cc1c(C)n(C)c2ccc(-c3ccc4c5c(n(-c6ccccc6)c4c3)CCC=C5)cc12. The van der Waals surface area contributed by atoms with Gasteiger partial charge in [0.2, 0.25) is 0 Å². The summed E-state index contributed by atoms with van der Waals surface area (Å²) < 4.78 is 4.71. The zero-order valence-corrected chi connectivity index (χ0v) is 18.6. The predicted octanol–water partition coefficient (Wildman–Crippen LogP) is 7.70. The summed E-state index contributed by atoms with van der Waals surface area (Å²) in [7, 11) is 2.13. The number of aromatic nitrogens is 2. The van der Waals surface area contributed by atoms with E-state index >= 15 is 0 Å². The largest absolute Gasteiger partial charge is 0.347 e. The molecule has 6 rings (SSSR count). The molecule has 0 N–H and O–H groups in total. The zero-order valence-electron chi connectivity index (χ0n) is 18.6. The molecule has 0 saturated heterocycles. The minimum atomic E-state index is 1.07. The second-order valence-electron chi connectivity index (χ2n) is 8.70. The number of benzene rings is 3. The minimum absolute atomic E-state index is 1.07. The van der Waals surface area contributed by atoms with E-state index in [1.165, 1.54) is 61.1 Å². The second kappa shape index (κ2) is 7.13. The molecule has 32 heavy (non-hydrogen) atoms. The van der Waals surface area contributed by atoms with Gasteiger partial charge in [0.05, 0.1) is 5.52 Å². The van der Waals surface area contributed by atoms with Crippen molar-refractivity contribution in [2.45, 2.75) is 19.8 Å². The molecule has 2 heteroatoms. The number of rotatable bonds is 3. The van der Waals surface area contributed by atoms with Gasteiger partial charge in [-0.15, -0.1) is 0 Å². The second-order valence-corrected chi connectivity index (χ2v) is 8.70. The van der Waals surface area contributed by atoms with E-state index in [0.717, 1.165) is 12.8 Å². The Labute approximate surface area is 188 Å². The van der Waals surface area contributed by atoms with Gasteiger partial charge in [0, 0.05) is 51.5 Å². The molecule has 0 bridgehead atoms. The minimum Gasteiger partial charge on any atom is -0.347 e. The topological polar surface area (TPSA) is 9.86 Å². The summed E-state index contributed by atoms with van der Waals surface area (Å²) in [4.78, 5) is 0. The van der Waals surface area contributed by atoms with Crippen LogP contribution in [0.4, 0.5) is 0 Å². The van der Waals surface area contributed by atoms with E-state index < -0.39 is 0 Å². The molecule has 0 amide bonds. The molecule has 2 aromatic heterocycles. The van der Waals surface area contributed by atoms with Crippen LogP contribution in [-0.2, 0) is 13.5 Å². The fourth-order valence-corrected chi connectivity index (χ4v) is 5.31. The standard InChI is InChI=1S/C30H26N2/c1-4-24-20(2)31(3)28-17-15-21(18-27(24)28)22-14-16-26-25-12-8-9-13-29(25)32(30(26)19-22)23-10-6-5-7-11-23/h4-8,10-12,14-19H,1,9,13H2,2-3H3. The van der Waals surface area contributed by atoms with Gasteiger partial charge >= 0.3 is 0 Å². The lowest BCUT2D eigenvalue weighted by Gasteiger charge is -2.13. The van der Waals surface area contributed by atoms with Gasteiger partial charge in [0.25, 0.3) is 0 Å². The van der Waals surface area contributed by atoms with Crippen LogP contribution < -0.4 is 0 Å². The van der Waals surface area contributed by atoms with Crippen LogP contribution in [0.5, 0.6) is 0 Å². The Hall–Kier alpha value is -3.78. The first-order chi connectivity index (χ1) is 15.7. The molecule has 0 fully saturated rings. The van der Waals surface area contributed by atoms with Crippen LogP contribution in [0, 0.1) is 6.92 Å². The number of para-hydroxylation sites is 1. The Morgan fingerprint density at radius 1 is 0.875 bits per heavy atom. The van der Waals surface area contributed by atoms with Crippen LogP contribution in [0.15, 0.2) is 79.4 Å². The fourth-order valence-electron chi connectivity index (χ4n) is 5.31. The van der Waals surface area contributed by atoms with Gasteiger partial charge in [-0.2, -0.15) is 0 Å². The first-order valence-corrected chi connectivity index (χ1v) is 11.3. The smallest absolute Gasteiger partial charge is 0.0543 e. The first-order valence-electron chi connectivity index (χ1n) is 11.3. The average molecular weight is 415 g/mol. The van der Waals surface area contributed by atoms with Crippen molar-refractivity contribution in [2.75, 3.05) is 0 Å². The normalized spacial score (nSPS) is 13.1. The third-order valence-electron chi connectivity index (χ3n) is 7.03. The number of nitrogens with zero attached hydrogens (tertiary/aromatic N) is 2. The highest BCUT2D eigenvalue weighted by atomic mass is 15.0. The van der Waals surface area contributed by atoms with Crippen LogP contribution in [-0.4, -0.2) is 9.13 Å². The maximum atomic E-state index is 4.06. The number of hydrogen-bond acceptors (Lipinski definition) is 0. The van der Waals surface area contributed by atoms with Gasteiger partial charge in [-0.05, 0) is 61.2 Å². The summed E-state index contributed by atoms with van der Waals surface area (Å²) >= 11 is 0. The van der Waals surface area contributed by atoms with Gasteiger partial charge in [-0.1, -0.05) is 61.2 Å². The summed E-state index contributed by atoms with van der Waals surface area (Å²) in [6.07, 6.45) is 8.74. The Balaban J connectivity index is 1.61. The number of aryl methyl sites for hydroxylation is 1. The highest BCUT2D eigenvalue weighted by Gasteiger charge is 2.19. The van der Waals surface area contributed by atoms with Crippen LogP contribution >= 0.6 is 0 Å². The van der Waals surface area contributed by atoms with Gasteiger partial charge in [-0.25, -0.2) is 0 Å². The molecule has 0 aliphatic heterocycles. The zero-order chi connectivity index (χ0) is 21.8. The van der Waals surface area contributed by atoms with Gasteiger partial charge in [0.15, 0.2) is 0 Å². The molecular weight excluding hydrogens is 388 g/mol. The van der Waals surface area contributed by atoms with Crippen molar-refractivity contribution >= 4 is 34.0 Å². The van der Waals surface area contributed by atoms with E-state index in [4.69, 9.17) is 0 Å². The number of allylic oxidation sites excluding steroid dienone is 1. The highest BCUT2D eigenvalue weighted by molar-refractivity contribution is 5.98. The van der Waals surface area contributed by atoms with Crippen LogP contribution in [0.2, 0.25) is 0 Å². The molecule has 2 heterocycles. The van der Waals surface area contributed by atoms with E-state index in [1.807, 2.05) is 6.08 Å². The maximum Gasteiger partial charge on any atom is 0.0543 e. The third kappa shape index (κ3) is 2.66.